The third kappa shape index (κ3) is 2.29. The zero-order chi connectivity index (χ0) is 14.2. The van der Waals surface area contributed by atoms with E-state index in [2.05, 4.69) is 43.4 Å². The molecule has 1 saturated carbocycles. The van der Waals surface area contributed by atoms with Gasteiger partial charge >= 0.3 is 0 Å². The van der Waals surface area contributed by atoms with E-state index < -0.39 is 0 Å². The highest BCUT2D eigenvalue weighted by Crippen LogP contribution is 2.45. The zero-order valence-electron chi connectivity index (χ0n) is 12.8. The molecule has 20 heavy (non-hydrogen) atoms. The Hall–Kier alpha value is -0.860. The van der Waals surface area contributed by atoms with Crippen LogP contribution in [0.15, 0.2) is 24.3 Å². The molecule has 1 aromatic carbocycles. The van der Waals surface area contributed by atoms with E-state index in [0.29, 0.717) is 6.04 Å². The van der Waals surface area contributed by atoms with Gasteiger partial charge in [0.1, 0.15) is 0 Å². The maximum absolute atomic E-state index is 10.2. The summed E-state index contributed by atoms with van der Waals surface area (Å²) in [4.78, 5) is 0. The van der Waals surface area contributed by atoms with Crippen molar-refractivity contribution in [1.29, 1.82) is 0 Å². The fraction of sp³-hybridized carbons (Fsp3) is 0.667. The van der Waals surface area contributed by atoms with Gasteiger partial charge in [0.25, 0.3) is 0 Å². The fourth-order valence-corrected chi connectivity index (χ4v) is 4.11. The average molecular weight is 273 g/mol. The van der Waals surface area contributed by atoms with Gasteiger partial charge in [0.15, 0.2) is 0 Å². The summed E-state index contributed by atoms with van der Waals surface area (Å²) in [6.45, 7) is 4.85. The van der Waals surface area contributed by atoms with E-state index in [4.69, 9.17) is 0 Å². The van der Waals surface area contributed by atoms with E-state index in [1.807, 2.05) is 0 Å². The molecule has 2 aliphatic carbocycles. The van der Waals surface area contributed by atoms with Crippen molar-refractivity contribution >= 4 is 0 Å². The van der Waals surface area contributed by atoms with E-state index in [9.17, 15) is 5.11 Å². The van der Waals surface area contributed by atoms with E-state index in [0.717, 1.165) is 12.8 Å². The van der Waals surface area contributed by atoms with Gasteiger partial charge in [-0.25, -0.2) is 0 Å². The Labute approximate surface area is 122 Å². The second kappa shape index (κ2) is 5.16. The van der Waals surface area contributed by atoms with E-state index in [1.165, 1.54) is 36.8 Å². The van der Waals surface area contributed by atoms with Crippen molar-refractivity contribution in [3.63, 3.8) is 0 Å². The maximum atomic E-state index is 10.2. The fourth-order valence-electron chi connectivity index (χ4n) is 4.11. The van der Waals surface area contributed by atoms with Crippen LogP contribution in [0.3, 0.4) is 0 Å². The molecule has 0 aliphatic heterocycles. The molecule has 110 valence electrons. The Balaban J connectivity index is 1.99. The zero-order valence-corrected chi connectivity index (χ0v) is 12.8. The van der Waals surface area contributed by atoms with Gasteiger partial charge in [0.2, 0.25) is 0 Å². The number of benzene rings is 1. The van der Waals surface area contributed by atoms with Crippen LogP contribution in [-0.2, 0) is 11.0 Å². The standard InChI is InChI=1S/C18H27NO/c1-17(2)11-12-18(13-20,19-14-7-3-4-8-14)16-10-6-5-9-15(16)17/h5-6,9-10,14,19-20H,3-4,7-8,11-13H2,1-2H3. The Morgan fingerprint density at radius 2 is 1.75 bits per heavy atom. The molecule has 0 heterocycles. The minimum Gasteiger partial charge on any atom is -0.394 e. The summed E-state index contributed by atoms with van der Waals surface area (Å²) < 4.78 is 0. The predicted molar refractivity (Wildman–Crippen MR) is 82.9 cm³/mol. The van der Waals surface area contributed by atoms with Crippen molar-refractivity contribution in [2.45, 2.75) is 69.4 Å². The first kappa shape index (κ1) is 14.1. The topological polar surface area (TPSA) is 32.3 Å². The van der Waals surface area contributed by atoms with Gasteiger partial charge in [-0.05, 0) is 42.2 Å². The first-order chi connectivity index (χ1) is 9.57. The molecule has 1 atom stereocenters. The maximum Gasteiger partial charge on any atom is 0.0674 e. The van der Waals surface area contributed by atoms with Gasteiger partial charge in [-0.15, -0.1) is 0 Å². The van der Waals surface area contributed by atoms with Gasteiger partial charge in [-0.2, -0.15) is 0 Å². The number of rotatable bonds is 3. The van der Waals surface area contributed by atoms with Crippen LogP contribution in [0.4, 0.5) is 0 Å². The monoisotopic (exact) mass is 273 g/mol. The summed E-state index contributed by atoms with van der Waals surface area (Å²) in [5.41, 5.74) is 2.73. The summed E-state index contributed by atoms with van der Waals surface area (Å²) >= 11 is 0. The SMILES string of the molecule is CC1(C)CCC(CO)(NC2CCCC2)c2ccccc21. The molecule has 1 fully saturated rings. The van der Waals surface area contributed by atoms with Crippen LogP contribution < -0.4 is 5.32 Å². The molecule has 2 N–H and O–H groups in total. The molecule has 0 aromatic heterocycles. The van der Waals surface area contributed by atoms with Crippen LogP contribution in [0, 0.1) is 0 Å². The van der Waals surface area contributed by atoms with Gasteiger partial charge in [-0.3, -0.25) is 0 Å². The predicted octanol–water partition coefficient (Wildman–Crippen LogP) is 3.48. The summed E-state index contributed by atoms with van der Waals surface area (Å²) in [6, 6.07) is 9.28. The summed E-state index contributed by atoms with van der Waals surface area (Å²) in [5, 5.41) is 14.0. The van der Waals surface area contributed by atoms with Crippen molar-refractivity contribution in [1.82, 2.24) is 5.32 Å². The Kier molecular flexibility index (Phi) is 3.64. The number of aliphatic hydroxyl groups is 1. The number of hydrogen-bond donors (Lipinski definition) is 2. The van der Waals surface area contributed by atoms with Gasteiger partial charge < -0.3 is 10.4 Å². The first-order valence-electron chi connectivity index (χ1n) is 8.06. The second-order valence-electron chi connectivity index (χ2n) is 7.30. The van der Waals surface area contributed by atoms with Crippen molar-refractivity contribution in [2.24, 2.45) is 0 Å². The molecule has 2 nitrogen and oxygen atoms in total. The number of fused-ring (bicyclic) bond motifs is 1. The highest BCUT2D eigenvalue weighted by molar-refractivity contribution is 5.41. The van der Waals surface area contributed by atoms with Crippen molar-refractivity contribution in [3.05, 3.63) is 35.4 Å². The Bertz CT molecular complexity index is 476. The molecule has 0 amide bonds. The number of nitrogens with one attached hydrogen (secondary N) is 1. The number of hydrogen-bond acceptors (Lipinski definition) is 2. The molecular weight excluding hydrogens is 246 g/mol. The van der Waals surface area contributed by atoms with Crippen molar-refractivity contribution in [3.8, 4) is 0 Å². The smallest absolute Gasteiger partial charge is 0.0674 e. The molecule has 1 unspecified atom stereocenters. The number of aliphatic hydroxyl groups excluding tert-OH is 1. The van der Waals surface area contributed by atoms with Gasteiger partial charge in [-0.1, -0.05) is 51.0 Å². The Morgan fingerprint density at radius 1 is 1.10 bits per heavy atom. The lowest BCUT2D eigenvalue weighted by Gasteiger charge is -2.46. The molecule has 2 aliphatic rings. The summed E-state index contributed by atoms with van der Waals surface area (Å²) in [6.07, 6.45) is 7.33. The minimum absolute atomic E-state index is 0.205. The first-order valence-corrected chi connectivity index (χ1v) is 8.06. The van der Waals surface area contributed by atoms with Gasteiger partial charge in [0, 0.05) is 6.04 Å². The highest BCUT2D eigenvalue weighted by Gasteiger charge is 2.43. The van der Waals surface area contributed by atoms with E-state index >= 15 is 0 Å². The quantitative estimate of drug-likeness (QED) is 0.883. The normalized spacial score (nSPS) is 29.4. The molecule has 2 heteroatoms. The molecule has 3 rings (SSSR count). The van der Waals surface area contributed by atoms with Crippen LogP contribution >= 0.6 is 0 Å². The summed E-state index contributed by atoms with van der Waals surface area (Å²) in [7, 11) is 0. The lowest BCUT2D eigenvalue weighted by atomic mass is 9.65. The van der Waals surface area contributed by atoms with Crippen molar-refractivity contribution in [2.75, 3.05) is 6.61 Å². The molecular formula is C18H27NO. The highest BCUT2D eigenvalue weighted by atomic mass is 16.3. The minimum atomic E-state index is -0.221. The van der Waals surface area contributed by atoms with E-state index in [-0.39, 0.29) is 17.6 Å². The molecule has 0 bridgehead atoms. The Morgan fingerprint density at radius 3 is 2.40 bits per heavy atom. The van der Waals surface area contributed by atoms with Gasteiger partial charge in [0.05, 0.1) is 12.1 Å². The molecule has 1 aromatic rings. The third-order valence-corrected chi connectivity index (χ3v) is 5.45. The van der Waals surface area contributed by atoms with Crippen LogP contribution in [0.5, 0.6) is 0 Å². The van der Waals surface area contributed by atoms with E-state index in [1.54, 1.807) is 0 Å². The lowest BCUT2D eigenvalue weighted by Crippen LogP contribution is -2.53. The third-order valence-electron chi connectivity index (χ3n) is 5.45. The van der Waals surface area contributed by atoms with Crippen LogP contribution in [0.1, 0.15) is 63.5 Å². The van der Waals surface area contributed by atoms with Crippen molar-refractivity contribution < 1.29 is 5.11 Å². The lowest BCUT2D eigenvalue weighted by molar-refractivity contribution is 0.116. The second-order valence-corrected chi connectivity index (χ2v) is 7.30. The largest absolute Gasteiger partial charge is 0.394 e. The molecule has 0 saturated heterocycles. The van der Waals surface area contributed by atoms with Crippen LogP contribution in [0.2, 0.25) is 0 Å². The molecule has 0 spiro atoms. The molecule has 0 radical (unpaired) electrons. The summed E-state index contributed by atoms with van der Waals surface area (Å²) in [5.74, 6) is 0. The van der Waals surface area contributed by atoms with Crippen LogP contribution in [-0.4, -0.2) is 17.8 Å². The van der Waals surface area contributed by atoms with Crippen LogP contribution in [0.25, 0.3) is 0 Å². The average Bonchev–Trinajstić information content (AvgIpc) is 2.96.